The van der Waals surface area contributed by atoms with Crippen molar-refractivity contribution in [2.75, 3.05) is 13.1 Å². The van der Waals surface area contributed by atoms with Gasteiger partial charge in [-0.1, -0.05) is 22.9 Å². The van der Waals surface area contributed by atoms with Crippen molar-refractivity contribution in [2.24, 2.45) is 0 Å². The van der Waals surface area contributed by atoms with E-state index in [0.717, 1.165) is 24.1 Å². The average Bonchev–Trinajstić information content (AvgIpc) is 3.08. The van der Waals surface area contributed by atoms with Crippen LogP contribution >= 0.6 is 0 Å². The quantitative estimate of drug-likeness (QED) is 0.875. The largest absolute Gasteiger partial charge is 0.338 e. The van der Waals surface area contributed by atoms with E-state index in [0.29, 0.717) is 12.4 Å². The van der Waals surface area contributed by atoms with E-state index in [1.807, 2.05) is 36.1 Å². The van der Waals surface area contributed by atoms with E-state index < -0.39 is 0 Å². The summed E-state index contributed by atoms with van der Waals surface area (Å²) in [6.45, 7) is 3.39. The van der Waals surface area contributed by atoms with Crippen LogP contribution in [0.3, 0.4) is 0 Å². The molecule has 1 aromatic heterocycles. The first-order valence-electron chi connectivity index (χ1n) is 6.33. The van der Waals surface area contributed by atoms with Crippen LogP contribution in [-0.2, 0) is 0 Å². The van der Waals surface area contributed by atoms with Gasteiger partial charge in [0.15, 0.2) is 5.82 Å². The highest BCUT2D eigenvalue weighted by atomic mass is 16.2. The lowest BCUT2D eigenvalue weighted by molar-refractivity contribution is 0.0790. The Morgan fingerprint density at radius 1 is 1.47 bits per heavy atom. The maximum absolute atomic E-state index is 12.4. The summed E-state index contributed by atoms with van der Waals surface area (Å²) in [7, 11) is 0. The van der Waals surface area contributed by atoms with Crippen LogP contribution in [0.15, 0.2) is 24.3 Å². The zero-order chi connectivity index (χ0) is 13.2. The Balaban J connectivity index is 1.73. The summed E-state index contributed by atoms with van der Waals surface area (Å²) in [6.07, 6.45) is 0.886. The lowest BCUT2D eigenvalue weighted by atomic mass is 10.1. The van der Waals surface area contributed by atoms with Crippen molar-refractivity contribution in [2.45, 2.75) is 19.3 Å². The van der Waals surface area contributed by atoms with Crippen LogP contribution in [0.2, 0.25) is 0 Å². The molecular weight excluding hydrogens is 242 g/mol. The first kappa shape index (κ1) is 11.8. The van der Waals surface area contributed by atoms with E-state index in [1.54, 1.807) is 0 Å². The molecule has 6 heteroatoms. The number of carbonyl (C=O) groups excluding carboxylic acids is 1. The number of H-pyrrole nitrogens is 1. The molecule has 1 aromatic carbocycles. The maximum atomic E-state index is 12.4. The predicted molar refractivity (Wildman–Crippen MR) is 68.6 cm³/mol. The number of carbonyl (C=O) groups is 1. The molecule has 1 aliphatic rings. The number of rotatable bonds is 2. The molecule has 1 N–H and O–H groups in total. The van der Waals surface area contributed by atoms with Gasteiger partial charge in [0.2, 0.25) is 0 Å². The first-order chi connectivity index (χ1) is 9.24. The van der Waals surface area contributed by atoms with Crippen molar-refractivity contribution < 1.29 is 4.79 Å². The van der Waals surface area contributed by atoms with E-state index in [-0.39, 0.29) is 11.8 Å². The Morgan fingerprint density at radius 3 is 3.11 bits per heavy atom. The number of tetrazole rings is 1. The Morgan fingerprint density at radius 2 is 2.37 bits per heavy atom. The van der Waals surface area contributed by atoms with Gasteiger partial charge in [-0.3, -0.25) is 4.79 Å². The zero-order valence-electron chi connectivity index (χ0n) is 10.7. The number of aromatic amines is 1. The van der Waals surface area contributed by atoms with Crippen LogP contribution in [0.5, 0.6) is 0 Å². The number of nitrogens with one attached hydrogen (secondary N) is 1. The highest BCUT2D eigenvalue weighted by Gasteiger charge is 2.30. The van der Waals surface area contributed by atoms with Crippen molar-refractivity contribution in [1.82, 2.24) is 25.5 Å². The SMILES string of the molecule is Cc1cccc(C(=O)N2CCC(c3nn[nH]n3)C2)c1. The fourth-order valence-electron chi connectivity index (χ4n) is 2.46. The van der Waals surface area contributed by atoms with Gasteiger partial charge in [0.1, 0.15) is 0 Å². The number of hydrogen-bond donors (Lipinski definition) is 1. The van der Waals surface area contributed by atoms with Gasteiger partial charge in [-0.25, -0.2) is 0 Å². The molecule has 1 unspecified atom stereocenters. The van der Waals surface area contributed by atoms with Crippen LogP contribution < -0.4 is 0 Å². The number of aromatic nitrogens is 4. The third-order valence-corrected chi connectivity index (χ3v) is 3.47. The van der Waals surface area contributed by atoms with Crippen molar-refractivity contribution >= 4 is 5.91 Å². The molecule has 1 saturated heterocycles. The maximum Gasteiger partial charge on any atom is 0.253 e. The molecule has 1 aliphatic heterocycles. The smallest absolute Gasteiger partial charge is 0.253 e. The summed E-state index contributed by atoms with van der Waals surface area (Å²) in [4.78, 5) is 14.2. The number of benzene rings is 1. The molecular formula is C13H15N5O. The van der Waals surface area contributed by atoms with Crippen LogP contribution in [0.1, 0.15) is 34.1 Å². The minimum Gasteiger partial charge on any atom is -0.338 e. The van der Waals surface area contributed by atoms with Gasteiger partial charge < -0.3 is 4.90 Å². The van der Waals surface area contributed by atoms with Gasteiger partial charge in [0, 0.05) is 24.6 Å². The fourth-order valence-corrected chi connectivity index (χ4v) is 2.46. The molecule has 1 amide bonds. The molecule has 6 nitrogen and oxygen atoms in total. The predicted octanol–water partition coefficient (Wildman–Crippen LogP) is 1.14. The molecule has 0 spiro atoms. The molecule has 0 bridgehead atoms. The summed E-state index contributed by atoms with van der Waals surface area (Å²) in [6, 6.07) is 7.68. The zero-order valence-corrected chi connectivity index (χ0v) is 10.7. The highest BCUT2D eigenvalue weighted by molar-refractivity contribution is 5.94. The Bertz CT molecular complexity index is 580. The highest BCUT2D eigenvalue weighted by Crippen LogP contribution is 2.25. The lowest BCUT2D eigenvalue weighted by Crippen LogP contribution is -2.28. The van der Waals surface area contributed by atoms with E-state index in [9.17, 15) is 4.79 Å². The van der Waals surface area contributed by atoms with Crippen LogP contribution in [0, 0.1) is 6.92 Å². The Hall–Kier alpha value is -2.24. The second kappa shape index (κ2) is 4.79. The third kappa shape index (κ3) is 2.33. The molecule has 2 heterocycles. The summed E-state index contributed by atoms with van der Waals surface area (Å²) >= 11 is 0. The number of hydrogen-bond acceptors (Lipinski definition) is 4. The number of amides is 1. The Kier molecular flexibility index (Phi) is 2.98. The van der Waals surface area contributed by atoms with E-state index in [1.165, 1.54) is 0 Å². The second-order valence-corrected chi connectivity index (χ2v) is 4.88. The van der Waals surface area contributed by atoms with Crippen LogP contribution in [0.4, 0.5) is 0 Å². The van der Waals surface area contributed by atoms with Gasteiger partial charge in [0.05, 0.1) is 0 Å². The fraction of sp³-hybridized carbons (Fsp3) is 0.385. The molecule has 19 heavy (non-hydrogen) atoms. The number of likely N-dealkylation sites (tertiary alicyclic amines) is 1. The molecule has 0 radical (unpaired) electrons. The summed E-state index contributed by atoms with van der Waals surface area (Å²) in [5.41, 5.74) is 1.84. The van der Waals surface area contributed by atoms with Gasteiger partial charge >= 0.3 is 0 Å². The Labute approximate surface area is 110 Å². The van der Waals surface area contributed by atoms with Crippen molar-refractivity contribution in [1.29, 1.82) is 0 Å². The lowest BCUT2D eigenvalue weighted by Gasteiger charge is -2.16. The summed E-state index contributed by atoms with van der Waals surface area (Å²) < 4.78 is 0. The van der Waals surface area contributed by atoms with Gasteiger partial charge in [0.25, 0.3) is 5.91 Å². The van der Waals surface area contributed by atoms with Gasteiger partial charge in [-0.05, 0) is 25.5 Å². The van der Waals surface area contributed by atoms with E-state index >= 15 is 0 Å². The van der Waals surface area contributed by atoms with E-state index in [2.05, 4.69) is 20.6 Å². The number of aryl methyl sites for hydroxylation is 1. The van der Waals surface area contributed by atoms with E-state index in [4.69, 9.17) is 0 Å². The normalized spacial score (nSPS) is 18.8. The molecule has 3 rings (SSSR count). The standard InChI is InChI=1S/C13H15N5O/c1-9-3-2-4-10(7-9)13(19)18-6-5-11(8-18)12-14-16-17-15-12/h2-4,7,11H,5-6,8H2,1H3,(H,14,15,16,17). The number of nitrogens with zero attached hydrogens (tertiary/aromatic N) is 4. The molecule has 1 fully saturated rings. The van der Waals surface area contributed by atoms with Crippen molar-refractivity contribution in [3.63, 3.8) is 0 Å². The van der Waals surface area contributed by atoms with Crippen molar-refractivity contribution in [3.8, 4) is 0 Å². The minimum absolute atomic E-state index is 0.0784. The van der Waals surface area contributed by atoms with Gasteiger partial charge in [-0.15, -0.1) is 10.2 Å². The average molecular weight is 257 g/mol. The van der Waals surface area contributed by atoms with Crippen LogP contribution in [0.25, 0.3) is 0 Å². The first-order valence-corrected chi connectivity index (χ1v) is 6.33. The third-order valence-electron chi connectivity index (χ3n) is 3.47. The molecule has 2 aromatic rings. The summed E-state index contributed by atoms with van der Waals surface area (Å²) in [5.74, 6) is 0.960. The second-order valence-electron chi connectivity index (χ2n) is 4.88. The monoisotopic (exact) mass is 257 g/mol. The molecule has 1 atom stereocenters. The topological polar surface area (TPSA) is 74.8 Å². The molecule has 0 saturated carbocycles. The molecule has 0 aliphatic carbocycles. The molecule has 98 valence electrons. The minimum atomic E-state index is 0.0784. The van der Waals surface area contributed by atoms with Gasteiger partial charge in [-0.2, -0.15) is 5.21 Å². The summed E-state index contributed by atoms with van der Waals surface area (Å²) in [5, 5.41) is 14.0. The van der Waals surface area contributed by atoms with Crippen LogP contribution in [-0.4, -0.2) is 44.5 Å². The van der Waals surface area contributed by atoms with Crippen molar-refractivity contribution in [3.05, 3.63) is 41.2 Å².